The molecule has 0 atom stereocenters. The van der Waals surface area contributed by atoms with E-state index in [1.54, 1.807) is 6.26 Å². The maximum atomic E-state index is 5.76. The van der Waals surface area contributed by atoms with Crippen molar-refractivity contribution in [2.45, 2.75) is 19.5 Å². The van der Waals surface area contributed by atoms with Crippen molar-refractivity contribution >= 4 is 5.69 Å². The summed E-state index contributed by atoms with van der Waals surface area (Å²) >= 11 is 0. The third-order valence-corrected chi connectivity index (χ3v) is 4.89. The summed E-state index contributed by atoms with van der Waals surface area (Å²) in [4.78, 5) is 11.6. The Labute approximate surface area is 161 Å². The summed E-state index contributed by atoms with van der Waals surface area (Å²) in [5.74, 6) is 2.08. The van der Waals surface area contributed by atoms with Gasteiger partial charge < -0.3 is 14.7 Å². The molecule has 0 radical (unpaired) electrons. The van der Waals surface area contributed by atoms with Gasteiger partial charge in [-0.2, -0.15) is 0 Å². The van der Waals surface area contributed by atoms with E-state index < -0.39 is 0 Å². The van der Waals surface area contributed by atoms with E-state index in [2.05, 4.69) is 15.0 Å². The van der Waals surface area contributed by atoms with Crippen LogP contribution in [0.15, 0.2) is 63.9 Å². The summed E-state index contributed by atoms with van der Waals surface area (Å²) < 4.78 is 10.7. The van der Waals surface area contributed by atoms with Crippen LogP contribution in [0.4, 0.5) is 5.69 Å². The molecule has 4 aromatic rings. The van der Waals surface area contributed by atoms with Crippen molar-refractivity contribution in [1.82, 2.24) is 20.0 Å². The molecule has 4 heterocycles. The Kier molecular flexibility index (Phi) is 4.14. The number of furan rings is 1. The Morgan fingerprint density at radius 3 is 2.82 bits per heavy atom. The minimum Gasteiger partial charge on any atom is -0.461 e. The SMILES string of the molecule is Nc1ccc(-c2ncc3c(n2)CCN(Cc2cc(-c4ccco4)on2)C3)cc1. The number of aromatic nitrogens is 3. The second-order valence-electron chi connectivity index (χ2n) is 6.91. The number of benzene rings is 1. The smallest absolute Gasteiger partial charge is 0.202 e. The summed E-state index contributed by atoms with van der Waals surface area (Å²) in [7, 11) is 0. The predicted molar refractivity (Wildman–Crippen MR) is 104 cm³/mol. The van der Waals surface area contributed by atoms with Gasteiger partial charge in [-0.3, -0.25) is 4.90 Å². The molecule has 0 aliphatic carbocycles. The highest BCUT2D eigenvalue weighted by Crippen LogP contribution is 2.24. The fourth-order valence-corrected chi connectivity index (χ4v) is 3.43. The van der Waals surface area contributed by atoms with E-state index in [1.807, 2.05) is 48.7 Å². The summed E-state index contributed by atoms with van der Waals surface area (Å²) in [6.45, 7) is 2.41. The van der Waals surface area contributed by atoms with Crippen molar-refractivity contribution in [3.05, 3.63) is 71.9 Å². The number of hydrogen-bond acceptors (Lipinski definition) is 7. The van der Waals surface area contributed by atoms with E-state index >= 15 is 0 Å². The number of rotatable bonds is 4. The fourth-order valence-electron chi connectivity index (χ4n) is 3.43. The molecule has 3 aromatic heterocycles. The molecule has 140 valence electrons. The Hall–Kier alpha value is -3.45. The van der Waals surface area contributed by atoms with Crippen molar-refractivity contribution in [2.24, 2.45) is 0 Å². The lowest BCUT2D eigenvalue weighted by Gasteiger charge is -2.27. The van der Waals surface area contributed by atoms with Gasteiger partial charge in [-0.05, 0) is 36.4 Å². The van der Waals surface area contributed by atoms with Crippen LogP contribution in [-0.4, -0.2) is 26.6 Å². The molecule has 1 aromatic carbocycles. The molecule has 2 N–H and O–H groups in total. The van der Waals surface area contributed by atoms with Crippen LogP contribution >= 0.6 is 0 Å². The lowest BCUT2D eigenvalue weighted by Crippen LogP contribution is -2.31. The van der Waals surface area contributed by atoms with Crippen LogP contribution in [0.2, 0.25) is 0 Å². The minimum atomic E-state index is 0.647. The first-order valence-electron chi connectivity index (χ1n) is 9.17. The lowest BCUT2D eigenvalue weighted by atomic mass is 10.1. The predicted octanol–water partition coefficient (Wildman–Crippen LogP) is 3.53. The molecule has 0 unspecified atom stereocenters. The third kappa shape index (κ3) is 3.27. The van der Waals surface area contributed by atoms with Gasteiger partial charge in [0.2, 0.25) is 5.76 Å². The summed E-state index contributed by atoms with van der Waals surface area (Å²) in [6.07, 6.45) is 4.43. The van der Waals surface area contributed by atoms with Crippen molar-refractivity contribution in [2.75, 3.05) is 12.3 Å². The van der Waals surface area contributed by atoms with Crippen molar-refractivity contribution in [3.8, 4) is 22.9 Å². The van der Waals surface area contributed by atoms with E-state index in [0.717, 1.165) is 53.5 Å². The quantitative estimate of drug-likeness (QED) is 0.547. The standard InChI is InChI=1S/C21H19N5O2/c22-16-5-3-14(4-6-16)21-23-11-15-12-26(8-7-18(15)24-21)13-17-10-20(28-25-17)19-2-1-9-27-19/h1-6,9-11H,7-8,12-13,22H2. The molecule has 0 bridgehead atoms. The zero-order valence-electron chi connectivity index (χ0n) is 15.2. The van der Waals surface area contributed by atoms with E-state index in [1.165, 1.54) is 0 Å². The summed E-state index contributed by atoms with van der Waals surface area (Å²) in [6, 6.07) is 13.3. The van der Waals surface area contributed by atoms with Crippen LogP contribution < -0.4 is 5.73 Å². The fraction of sp³-hybridized carbons (Fsp3) is 0.190. The molecule has 1 aliphatic heterocycles. The molecule has 1 aliphatic rings. The maximum Gasteiger partial charge on any atom is 0.202 e. The highest BCUT2D eigenvalue weighted by atomic mass is 16.5. The summed E-state index contributed by atoms with van der Waals surface area (Å²) in [5.41, 5.74) is 10.6. The monoisotopic (exact) mass is 373 g/mol. The van der Waals surface area contributed by atoms with Crippen LogP contribution in [0.5, 0.6) is 0 Å². The number of nitrogens with two attached hydrogens (primary N) is 1. The summed E-state index contributed by atoms with van der Waals surface area (Å²) in [5, 5.41) is 4.16. The maximum absolute atomic E-state index is 5.76. The van der Waals surface area contributed by atoms with Crippen LogP contribution in [0.25, 0.3) is 22.9 Å². The van der Waals surface area contributed by atoms with Gasteiger partial charge in [-0.25, -0.2) is 9.97 Å². The van der Waals surface area contributed by atoms with Gasteiger partial charge in [-0.1, -0.05) is 5.16 Å². The van der Waals surface area contributed by atoms with Crippen molar-refractivity contribution < 1.29 is 8.94 Å². The highest BCUT2D eigenvalue weighted by Gasteiger charge is 2.20. The second-order valence-corrected chi connectivity index (χ2v) is 6.91. The van der Waals surface area contributed by atoms with Crippen LogP contribution in [0.3, 0.4) is 0 Å². The van der Waals surface area contributed by atoms with Crippen molar-refractivity contribution in [3.63, 3.8) is 0 Å². The molecule has 0 amide bonds. The number of anilines is 1. The molecule has 0 spiro atoms. The van der Waals surface area contributed by atoms with Gasteiger partial charge in [0.15, 0.2) is 11.6 Å². The van der Waals surface area contributed by atoms with Gasteiger partial charge in [0.1, 0.15) is 0 Å². The Balaban J connectivity index is 1.30. The second kappa shape index (κ2) is 6.94. The Morgan fingerprint density at radius 2 is 2.00 bits per heavy atom. The van der Waals surface area contributed by atoms with Crippen LogP contribution in [-0.2, 0) is 19.5 Å². The van der Waals surface area contributed by atoms with Crippen LogP contribution in [0, 0.1) is 0 Å². The molecule has 7 heteroatoms. The molecule has 0 fully saturated rings. The van der Waals surface area contributed by atoms with Crippen molar-refractivity contribution in [1.29, 1.82) is 0 Å². The van der Waals surface area contributed by atoms with E-state index in [-0.39, 0.29) is 0 Å². The minimum absolute atomic E-state index is 0.647. The Morgan fingerprint density at radius 1 is 1.11 bits per heavy atom. The first-order valence-corrected chi connectivity index (χ1v) is 9.17. The third-order valence-electron chi connectivity index (χ3n) is 4.89. The first-order chi connectivity index (χ1) is 13.7. The largest absolute Gasteiger partial charge is 0.461 e. The average molecular weight is 373 g/mol. The number of fused-ring (bicyclic) bond motifs is 1. The van der Waals surface area contributed by atoms with Gasteiger partial charge in [-0.15, -0.1) is 0 Å². The first kappa shape index (κ1) is 16.7. The number of hydrogen-bond donors (Lipinski definition) is 1. The zero-order chi connectivity index (χ0) is 18.9. The average Bonchev–Trinajstić information content (AvgIpc) is 3.40. The molecule has 7 nitrogen and oxygen atoms in total. The van der Waals surface area contributed by atoms with Crippen LogP contribution in [0.1, 0.15) is 17.0 Å². The van der Waals surface area contributed by atoms with Gasteiger partial charge >= 0.3 is 0 Å². The van der Waals surface area contributed by atoms with E-state index in [9.17, 15) is 0 Å². The van der Waals surface area contributed by atoms with E-state index in [0.29, 0.717) is 18.1 Å². The molecule has 0 saturated carbocycles. The van der Waals surface area contributed by atoms with Gasteiger partial charge in [0, 0.05) is 55.1 Å². The molecular weight excluding hydrogens is 354 g/mol. The normalized spacial score (nSPS) is 14.1. The van der Waals surface area contributed by atoms with E-state index in [4.69, 9.17) is 19.7 Å². The lowest BCUT2D eigenvalue weighted by molar-refractivity contribution is 0.235. The number of nitrogen functional groups attached to an aromatic ring is 1. The number of nitrogens with zero attached hydrogens (tertiary/aromatic N) is 4. The van der Waals surface area contributed by atoms with Gasteiger partial charge in [0.25, 0.3) is 0 Å². The molecule has 0 saturated heterocycles. The topological polar surface area (TPSA) is 94.2 Å². The Bertz CT molecular complexity index is 1090. The highest BCUT2D eigenvalue weighted by molar-refractivity contribution is 5.58. The van der Waals surface area contributed by atoms with Gasteiger partial charge in [0.05, 0.1) is 17.7 Å². The molecule has 5 rings (SSSR count). The zero-order valence-corrected chi connectivity index (χ0v) is 15.2. The molecule has 28 heavy (non-hydrogen) atoms. The molecular formula is C21H19N5O2.